The molecule has 2 atom stereocenters. The molecule has 0 bridgehead atoms. The molecule has 182 valence electrons. The summed E-state index contributed by atoms with van der Waals surface area (Å²) in [6.07, 6.45) is 3.98. The fraction of sp³-hybridized carbons (Fsp3) is 0.385. The van der Waals surface area contributed by atoms with Crippen LogP contribution >= 0.6 is 11.3 Å². The molecule has 2 aliphatic rings. The minimum absolute atomic E-state index is 0.0335. The number of piperidine rings is 1. The lowest BCUT2D eigenvalue weighted by molar-refractivity contribution is 0.0917. The number of amides is 1. The number of hydrogen-bond acceptors (Lipinski definition) is 6. The Balaban J connectivity index is 1.23. The molecule has 7 nitrogen and oxygen atoms in total. The number of nitrogens with zero attached hydrogens (tertiary/aromatic N) is 3. The van der Waals surface area contributed by atoms with Crippen LogP contribution in [0.2, 0.25) is 0 Å². The molecule has 2 saturated heterocycles. The molecule has 0 unspecified atom stereocenters. The van der Waals surface area contributed by atoms with Gasteiger partial charge < -0.3 is 20.6 Å². The number of carbonyl (C=O) groups excluding carboxylic acids is 1. The SMILES string of the molecule is CN1CCC(NC(=O)c2ccc3c(c2)sc2nc(-c4ccc([C@@H]5C[C@H](O)CN5)cc4F)cn23)CC1. The van der Waals surface area contributed by atoms with Crippen molar-refractivity contribution in [2.24, 2.45) is 0 Å². The normalized spacial score (nSPS) is 21.8. The summed E-state index contributed by atoms with van der Waals surface area (Å²) in [5.74, 6) is -0.367. The van der Waals surface area contributed by atoms with Gasteiger partial charge in [-0.15, -0.1) is 0 Å². The molecule has 9 heteroatoms. The van der Waals surface area contributed by atoms with Crippen molar-refractivity contribution in [1.29, 1.82) is 0 Å². The van der Waals surface area contributed by atoms with E-state index in [9.17, 15) is 9.90 Å². The molecular formula is C26H28FN5O2S. The second-order valence-electron chi connectivity index (χ2n) is 9.70. The van der Waals surface area contributed by atoms with Crippen LogP contribution in [0.4, 0.5) is 4.39 Å². The van der Waals surface area contributed by atoms with Crippen molar-refractivity contribution in [2.45, 2.75) is 37.5 Å². The van der Waals surface area contributed by atoms with Crippen molar-refractivity contribution in [3.8, 4) is 11.3 Å². The number of nitrogens with one attached hydrogen (secondary N) is 2. The van der Waals surface area contributed by atoms with E-state index in [4.69, 9.17) is 0 Å². The second kappa shape index (κ2) is 8.98. The number of imidazole rings is 1. The van der Waals surface area contributed by atoms with Gasteiger partial charge >= 0.3 is 0 Å². The summed E-state index contributed by atoms with van der Waals surface area (Å²) in [7, 11) is 2.11. The Morgan fingerprint density at radius 3 is 2.80 bits per heavy atom. The highest BCUT2D eigenvalue weighted by molar-refractivity contribution is 7.23. The van der Waals surface area contributed by atoms with Crippen LogP contribution in [-0.2, 0) is 0 Å². The van der Waals surface area contributed by atoms with Crippen LogP contribution in [0.1, 0.15) is 41.2 Å². The number of thiazole rings is 1. The number of carbonyl (C=O) groups is 1. The first kappa shape index (κ1) is 22.6. The minimum Gasteiger partial charge on any atom is -0.392 e. The van der Waals surface area contributed by atoms with E-state index >= 15 is 4.39 Å². The number of aliphatic hydroxyl groups excluding tert-OH is 1. The number of aromatic nitrogens is 2. The van der Waals surface area contributed by atoms with Crippen LogP contribution in [0.5, 0.6) is 0 Å². The molecular weight excluding hydrogens is 465 g/mol. The number of rotatable bonds is 4. The van der Waals surface area contributed by atoms with Crippen molar-refractivity contribution >= 4 is 32.4 Å². The molecule has 2 aromatic heterocycles. The van der Waals surface area contributed by atoms with Crippen LogP contribution in [0, 0.1) is 5.82 Å². The number of halogens is 1. The summed E-state index contributed by atoms with van der Waals surface area (Å²) in [4.78, 5) is 20.5. The van der Waals surface area contributed by atoms with Gasteiger partial charge in [0.25, 0.3) is 5.91 Å². The fourth-order valence-electron chi connectivity index (χ4n) is 5.12. The van der Waals surface area contributed by atoms with Crippen LogP contribution in [0.15, 0.2) is 42.6 Å². The first-order valence-electron chi connectivity index (χ1n) is 12.1. The van der Waals surface area contributed by atoms with Crippen LogP contribution in [0.3, 0.4) is 0 Å². The van der Waals surface area contributed by atoms with E-state index in [1.54, 1.807) is 6.07 Å². The molecule has 2 fully saturated rings. The quantitative estimate of drug-likeness (QED) is 0.405. The van der Waals surface area contributed by atoms with Gasteiger partial charge in [-0.25, -0.2) is 9.37 Å². The number of benzene rings is 2. The summed E-state index contributed by atoms with van der Waals surface area (Å²) in [5, 5.41) is 16.1. The third-order valence-electron chi connectivity index (χ3n) is 7.19. The lowest BCUT2D eigenvalue weighted by Crippen LogP contribution is -2.43. The molecule has 4 aromatic rings. The highest BCUT2D eigenvalue weighted by Gasteiger charge is 2.25. The van der Waals surface area contributed by atoms with Crippen LogP contribution in [-0.4, -0.2) is 64.1 Å². The van der Waals surface area contributed by atoms with Gasteiger partial charge in [0.2, 0.25) is 0 Å². The van der Waals surface area contributed by atoms with Gasteiger partial charge in [0.05, 0.1) is 22.0 Å². The van der Waals surface area contributed by atoms with E-state index in [-0.39, 0.29) is 23.8 Å². The zero-order valence-electron chi connectivity index (χ0n) is 19.5. The van der Waals surface area contributed by atoms with E-state index in [1.165, 1.54) is 17.4 Å². The van der Waals surface area contributed by atoms with E-state index in [0.717, 1.165) is 46.7 Å². The van der Waals surface area contributed by atoms with Crippen LogP contribution < -0.4 is 10.6 Å². The maximum Gasteiger partial charge on any atom is 0.251 e. The molecule has 0 aliphatic carbocycles. The third kappa shape index (κ3) is 4.33. The van der Waals surface area contributed by atoms with Crippen molar-refractivity contribution < 1.29 is 14.3 Å². The van der Waals surface area contributed by atoms with Crippen molar-refractivity contribution in [1.82, 2.24) is 24.9 Å². The molecule has 0 spiro atoms. The number of aliphatic hydroxyl groups is 1. The Morgan fingerprint density at radius 2 is 2.06 bits per heavy atom. The first-order chi connectivity index (χ1) is 16.9. The lowest BCUT2D eigenvalue weighted by Gasteiger charge is -2.29. The predicted octanol–water partition coefficient (Wildman–Crippen LogP) is 3.57. The highest BCUT2D eigenvalue weighted by atomic mass is 32.1. The summed E-state index contributed by atoms with van der Waals surface area (Å²) in [6, 6.07) is 11.1. The van der Waals surface area contributed by atoms with Crippen molar-refractivity contribution in [2.75, 3.05) is 26.7 Å². The van der Waals surface area contributed by atoms with Crippen LogP contribution in [0.25, 0.3) is 26.4 Å². The Kier molecular flexibility index (Phi) is 5.80. The predicted molar refractivity (Wildman–Crippen MR) is 135 cm³/mol. The Bertz CT molecular complexity index is 1410. The second-order valence-corrected chi connectivity index (χ2v) is 10.7. The Hall–Kier alpha value is -2.85. The van der Waals surface area contributed by atoms with Gasteiger partial charge in [-0.1, -0.05) is 17.4 Å². The Morgan fingerprint density at radius 1 is 1.23 bits per heavy atom. The summed E-state index contributed by atoms with van der Waals surface area (Å²) in [6.45, 7) is 2.52. The summed E-state index contributed by atoms with van der Waals surface area (Å²) >= 11 is 1.49. The zero-order chi connectivity index (χ0) is 24.1. The monoisotopic (exact) mass is 493 g/mol. The summed E-state index contributed by atoms with van der Waals surface area (Å²) in [5.41, 5.74) is 3.45. The minimum atomic E-state index is -0.392. The number of hydrogen-bond donors (Lipinski definition) is 3. The van der Waals surface area contributed by atoms with Crippen molar-refractivity contribution in [3.05, 3.63) is 59.5 Å². The molecule has 1 amide bonds. The van der Waals surface area contributed by atoms with Crippen molar-refractivity contribution in [3.63, 3.8) is 0 Å². The molecule has 6 rings (SSSR count). The van der Waals surface area contributed by atoms with E-state index < -0.39 is 6.10 Å². The molecule has 4 heterocycles. The lowest BCUT2D eigenvalue weighted by atomic mass is 10.0. The average Bonchev–Trinajstić information content (AvgIpc) is 3.54. The van der Waals surface area contributed by atoms with Gasteiger partial charge in [0, 0.05) is 36.0 Å². The van der Waals surface area contributed by atoms with Gasteiger partial charge in [-0.05, 0) is 75.3 Å². The largest absolute Gasteiger partial charge is 0.392 e. The highest BCUT2D eigenvalue weighted by Crippen LogP contribution is 2.33. The van der Waals surface area contributed by atoms with E-state index in [2.05, 4.69) is 27.6 Å². The molecule has 0 saturated carbocycles. The van der Waals surface area contributed by atoms with E-state index in [0.29, 0.717) is 29.8 Å². The zero-order valence-corrected chi connectivity index (χ0v) is 20.3. The molecule has 3 N–H and O–H groups in total. The topological polar surface area (TPSA) is 81.9 Å². The third-order valence-corrected chi connectivity index (χ3v) is 8.21. The standard InChI is InChI=1S/C26H28FN5O2S/c1-31-8-6-17(7-9-31)29-25(34)16-3-5-23-24(11-16)35-26-30-22(14-32(23)26)19-4-2-15(10-20(19)27)21-12-18(33)13-28-21/h2-5,10-11,14,17-18,21,28,33H,6-9,12-13H2,1H3,(H,29,34)/t18-,21-/m0/s1. The average molecular weight is 494 g/mol. The van der Waals surface area contributed by atoms with Gasteiger partial charge in [-0.2, -0.15) is 0 Å². The fourth-order valence-corrected chi connectivity index (χ4v) is 6.17. The molecule has 2 aromatic carbocycles. The first-order valence-corrected chi connectivity index (χ1v) is 12.9. The van der Waals surface area contributed by atoms with Gasteiger partial charge in [-0.3, -0.25) is 9.20 Å². The number of fused-ring (bicyclic) bond motifs is 3. The maximum atomic E-state index is 15.0. The van der Waals surface area contributed by atoms with E-state index in [1.807, 2.05) is 34.9 Å². The molecule has 35 heavy (non-hydrogen) atoms. The summed E-state index contributed by atoms with van der Waals surface area (Å²) < 4.78 is 17.9. The maximum absolute atomic E-state index is 15.0. The Labute approximate surface area is 206 Å². The smallest absolute Gasteiger partial charge is 0.251 e. The molecule has 2 aliphatic heterocycles. The van der Waals surface area contributed by atoms with Gasteiger partial charge in [0.1, 0.15) is 5.82 Å². The number of likely N-dealkylation sites (tertiary alicyclic amines) is 1. The molecule has 0 radical (unpaired) electrons. The van der Waals surface area contributed by atoms with Gasteiger partial charge in [0.15, 0.2) is 4.96 Å². The number of β-amino-alcohol motifs (C(OH)–C–C–N with tert-alkyl or cyclic N) is 1.